The van der Waals surface area contributed by atoms with Crippen LogP contribution in [0.25, 0.3) is 11.5 Å². The minimum absolute atomic E-state index is 0.00922. The van der Waals surface area contributed by atoms with E-state index in [0.717, 1.165) is 17.0 Å². The molecule has 0 spiro atoms. The summed E-state index contributed by atoms with van der Waals surface area (Å²) in [4.78, 5) is 21.6. The van der Waals surface area contributed by atoms with Gasteiger partial charge in [-0.2, -0.15) is 4.98 Å². The average molecular weight is 360 g/mol. The summed E-state index contributed by atoms with van der Waals surface area (Å²) in [5, 5.41) is 9.49. The SMILES string of the molecule is Cc1noc(-c2ccc(SCC(=O)NCCc3cccs3)nc2)n1. The average Bonchev–Trinajstić information content (AvgIpc) is 3.25. The van der Waals surface area contributed by atoms with Crippen molar-refractivity contribution in [2.24, 2.45) is 0 Å². The van der Waals surface area contributed by atoms with Crippen LogP contribution < -0.4 is 5.32 Å². The third-order valence-electron chi connectivity index (χ3n) is 3.14. The molecule has 0 saturated heterocycles. The van der Waals surface area contributed by atoms with E-state index in [-0.39, 0.29) is 5.91 Å². The second kappa shape index (κ2) is 8.07. The Morgan fingerprint density at radius 1 is 1.38 bits per heavy atom. The third-order valence-corrected chi connectivity index (χ3v) is 5.02. The molecule has 1 amide bonds. The van der Waals surface area contributed by atoms with Crippen LogP contribution in [0, 0.1) is 6.92 Å². The molecule has 3 rings (SSSR count). The molecule has 3 aromatic rings. The fourth-order valence-corrected chi connectivity index (χ4v) is 3.36. The number of rotatable bonds is 7. The van der Waals surface area contributed by atoms with Crippen molar-refractivity contribution in [3.05, 3.63) is 46.5 Å². The molecule has 0 unspecified atom stereocenters. The van der Waals surface area contributed by atoms with Crippen LogP contribution in [0.1, 0.15) is 10.7 Å². The van der Waals surface area contributed by atoms with Crippen LogP contribution in [0.2, 0.25) is 0 Å². The molecular formula is C16H16N4O2S2. The summed E-state index contributed by atoms with van der Waals surface area (Å²) in [6.07, 6.45) is 2.54. The molecule has 0 aliphatic heterocycles. The van der Waals surface area contributed by atoms with Crippen LogP contribution in [-0.4, -0.2) is 33.3 Å². The summed E-state index contributed by atoms with van der Waals surface area (Å²) >= 11 is 3.10. The molecule has 0 bridgehead atoms. The van der Waals surface area contributed by atoms with Crippen molar-refractivity contribution in [2.45, 2.75) is 18.4 Å². The van der Waals surface area contributed by atoms with E-state index in [9.17, 15) is 4.79 Å². The first-order valence-electron chi connectivity index (χ1n) is 7.39. The molecule has 0 aromatic carbocycles. The Kier molecular flexibility index (Phi) is 5.60. The van der Waals surface area contributed by atoms with Crippen molar-refractivity contribution >= 4 is 29.0 Å². The van der Waals surface area contributed by atoms with Gasteiger partial charge >= 0.3 is 0 Å². The first kappa shape index (κ1) is 16.7. The maximum absolute atomic E-state index is 11.8. The number of carbonyl (C=O) groups excluding carboxylic acids is 1. The van der Waals surface area contributed by atoms with E-state index in [1.165, 1.54) is 16.6 Å². The van der Waals surface area contributed by atoms with E-state index >= 15 is 0 Å². The summed E-state index contributed by atoms with van der Waals surface area (Å²) in [5.41, 5.74) is 0.764. The summed E-state index contributed by atoms with van der Waals surface area (Å²) in [6.45, 7) is 2.42. The molecule has 0 saturated carbocycles. The summed E-state index contributed by atoms with van der Waals surface area (Å²) in [6, 6.07) is 7.79. The number of amides is 1. The zero-order chi connectivity index (χ0) is 16.8. The normalized spacial score (nSPS) is 10.7. The van der Waals surface area contributed by atoms with Crippen molar-refractivity contribution in [1.82, 2.24) is 20.4 Å². The molecule has 3 heterocycles. The quantitative estimate of drug-likeness (QED) is 0.653. The molecule has 0 atom stereocenters. The Morgan fingerprint density at radius 3 is 2.96 bits per heavy atom. The number of aryl methyl sites for hydroxylation is 1. The second-order valence-corrected chi connectivity index (χ2v) is 7.03. The van der Waals surface area contributed by atoms with Gasteiger partial charge in [0.1, 0.15) is 0 Å². The zero-order valence-electron chi connectivity index (χ0n) is 13.1. The molecule has 6 nitrogen and oxygen atoms in total. The maximum atomic E-state index is 11.8. The lowest BCUT2D eigenvalue weighted by Gasteiger charge is -2.04. The number of aromatic nitrogens is 3. The second-order valence-electron chi connectivity index (χ2n) is 5.00. The lowest BCUT2D eigenvalue weighted by Crippen LogP contribution is -2.27. The van der Waals surface area contributed by atoms with Gasteiger partial charge in [-0.05, 0) is 36.9 Å². The molecule has 3 aromatic heterocycles. The molecule has 124 valence electrons. The van der Waals surface area contributed by atoms with Gasteiger partial charge in [0.2, 0.25) is 5.91 Å². The van der Waals surface area contributed by atoms with Gasteiger partial charge in [0.05, 0.1) is 16.3 Å². The Hall–Kier alpha value is -2.19. The molecule has 0 aliphatic carbocycles. The van der Waals surface area contributed by atoms with Gasteiger partial charge in [0, 0.05) is 17.6 Å². The fourth-order valence-electron chi connectivity index (χ4n) is 1.98. The van der Waals surface area contributed by atoms with E-state index in [1.807, 2.05) is 23.6 Å². The summed E-state index contributed by atoms with van der Waals surface area (Å²) in [5.74, 6) is 1.39. The van der Waals surface area contributed by atoms with Crippen LogP contribution in [0.4, 0.5) is 0 Å². The Balaban J connectivity index is 1.43. The number of hydrogen-bond acceptors (Lipinski definition) is 7. The Labute approximate surface area is 147 Å². The Morgan fingerprint density at radius 2 is 2.29 bits per heavy atom. The van der Waals surface area contributed by atoms with Gasteiger partial charge in [-0.3, -0.25) is 4.79 Å². The number of thioether (sulfide) groups is 1. The molecule has 1 N–H and O–H groups in total. The van der Waals surface area contributed by atoms with Gasteiger partial charge in [-0.25, -0.2) is 4.98 Å². The predicted octanol–water partition coefficient (Wildman–Crippen LogP) is 2.95. The number of carbonyl (C=O) groups is 1. The van der Waals surface area contributed by atoms with E-state index in [1.54, 1.807) is 24.5 Å². The number of pyridine rings is 1. The number of hydrogen-bond donors (Lipinski definition) is 1. The maximum Gasteiger partial charge on any atom is 0.259 e. The third kappa shape index (κ3) is 4.65. The van der Waals surface area contributed by atoms with Gasteiger partial charge in [0.15, 0.2) is 5.82 Å². The highest BCUT2D eigenvalue weighted by Crippen LogP contribution is 2.20. The number of nitrogens with zero attached hydrogens (tertiary/aromatic N) is 3. The molecule has 0 fully saturated rings. The molecule has 0 radical (unpaired) electrons. The van der Waals surface area contributed by atoms with Gasteiger partial charge < -0.3 is 9.84 Å². The topological polar surface area (TPSA) is 80.9 Å². The van der Waals surface area contributed by atoms with Crippen molar-refractivity contribution < 1.29 is 9.32 Å². The highest BCUT2D eigenvalue weighted by Gasteiger charge is 2.08. The summed E-state index contributed by atoms with van der Waals surface area (Å²) < 4.78 is 5.09. The van der Waals surface area contributed by atoms with Crippen LogP contribution in [0.15, 0.2) is 45.4 Å². The minimum atomic E-state index is 0.00922. The largest absolute Gasteiger partial charge is 0.355 e. The minimum Gasteiger partial charge on any atom is -0.355 e. The van der Waals surface area contributed by atoms with E-state index in [2.05, 4.69) is 26.5 Å². The monoisotopic (exact) mass is 360 g/mol. The van der Waals surface area contributed by atoms with E-state index in [4.69, 9.17) is 4.52 Å². The van der Waals surface area contributed by atoms with E-state index in [0.29, 0.717) is 24.0 Å². The van der Waals surface area contributed by atoms with Crippen LogP contribution in [0.5, 0.6) is 0 Å². The molecular weight excluding hydrogens is 344 g/mol. The zero-order valence-corrected chi connectivity index (χ0v) is 14.7. The molecule has 0 aliphatic rings. The van der Waals surface area contributed by atoms with E-state index < -0.39 is 0 Å². The van der Waals surface area contributed by atoms with Crippen molar-refractivity contribution in [3.63, 3.8) is 0 Å². The summed E-state index contributed by atoms with van der Waals surface area (Å²) in [7, 11) is 0. The highest BCUT2D eigenvalue weighted by atomic mass is 32.2. The lowest BCUT2D eigenvalue weighted by molar-refractivity contribution is -0.118. The van der Waals surface area contributed by atoms with Crippen molar-refractivity contribution in [2.75, 3.05) is 12.3 Å². The number of nitrogens with one attached hydrogen (secondary N) is 1. The van der Waals surface area contributed by atoms with Crippen LogP contribution >= 0.6 is 23.1 Å². The van der Waals surface area contributed by atoms with Crippen LogP contribution in [-0.2, 0) is 11.2 Å². The first-order valence-corrected chi connectivity index (χ1v) is 9.26. The standard InChI is InChI=1S/C16H16N4O2S2/c1-11-19-16(22-20-11)12-4-5-15(18-9-12)24-10-14(21)17-7-6-13-3-2-8-23-13/h2-5,8-9H,6-7,10H2,1H3,(H,17,21). The molecule has 8 heteroatoms. The van der Waals surface area contributed by atoms with Crippen molar-refractivity contribution in [3.8, 4) is 11.5 Å². The van der Waals surface area contributed by atoms with Crippen LogP contribution in [0.3, 0.4) is 0 Å². The fraction of sp³-hybridized carbons (Fsp3) is 0.250. The lowest BCUT2D eigenvalue weighted by atomic mass is 10.3. The predicted molar refractivity (Wildman–Crippen MR) is 94.0 cm³/mol. The number of thiophene rings is 1. The highest BCUT2D eigenvalue weighted by molar-refractivity contribution is 7.99. The molecule has 24 heavy (non-hydrogen) atoms. The van der Waals surface area contributed by atoms with Gasteiger partial charge in [-0.15, -0.1) is 11.3 Å². The van der Waals surface area contributed by atoms with Gasteiger partial charge in [0.25, 0.3) is 5.89 Å². The Bertz CT molecular complexity index is 785. The van der Waals surface area contributed by atoms with Crippen molar-refractivity contribution in [1.29, 1.82) is 0 Å². The smallest absolute Gasteiger partial charge is 0.259 e. The van der Waals surface area contributed by atoms with Gasteiger partial charge in [-0.1, -0.05) is 23.0 Å². The first-order chi connectivity index (χ1) is 11.7.